The van der Waals surface area contributed by atoms with Crippen molar-refractivity contribution in [2.45, 2.75) is 81.5 Å². The van der Waals surface area contributed by atoms with Crippen molar-refractivity contribution < 1.29 is 21.4 Å². The first kappa shape index (κ1) is 25.2. The van der Waals surface area contributed by atoms with Crippen LogP contribution in [-0.4, -0.2) is 31.8 Å². The lowest BCUT2D eigenvalue weighted by atomic mass is 9.92. The summed E-state index contributed by atoms with van der Waals surface area (Å²) in [4.78, 5) is 0.0877. The molecule has 0 atom stereocenters. The lowest BCUT2D eigenvalue weighted by Crippen LogP contribution is -2.20. The zero-order chi connectivity index (χ0) is 25.6. The highest BCUT2D eigenvalue weighted by Gasteiger charge is 2.32. The molecule has 0 spiro atoms. The van der Waals surface area contributed by atoms with Gasteiger partial charge in [-0.3, -0.25) is 9.40 Å². The zero-order valence-electron chi connectivity index (χ0n) is 20.5. The van der Waals surface area contributed by atoms with Gasteiger partial charge >= 0.3 is 0 Å². The van der Waals surface area contributed by atoms with Crippen LogP contribution in [0.3, 0.4) is 0 Å². The average molecular weight is 522 g/mol. The Morgan fingerprint density at radius 2 is 1.60 bits per heavy atom. The molecule has 190 valence electrons. The van der Waals surface area contributed by atoms with Crippen molar-refractivity contribution in [3.8, 4) is 0 Å². The molecule has 0 aliphatic heterocycles. The lowest BCUT2D eigenvalue weighted by molar-refractivity contribution is 0.430. The fourth-order valence-electron chi connectivity index (χ4n) is 4.05. The third kappa shape index (κ3) is 5.22. The van der Waals surface area contributed by atoms with Gasteiger partial charge in [0.2, 0.25) is 5.88 Å². The summed E-state index contributed by atoms with van der Waals surface area (Å²) in [5.41, 5.74) is 1.43. The van der Waals surface area contributed by atoms with Gasteiger partial charge in [-0.05, 0) is 51.0 Å². The summed E-state index contributed by atoms with van der Waals surface area (Å²) in [6.07, 6.45) is 5.79. The number of nitrogens with zero attached hydrogens (tertiary/aromatic N) is 3. The van der Waals surface area contributed by atoms with Crippen molar-refractivity contribution in [3.63, 3.8) is 0 Å². The molecule has 0 amide bonds. The van der Waals surface area contributed by atoms with Crippen molar-refractivity contribution in [1.82, 2.24) is 14.9 Å². The van der Waals surface area contributed by atoms with E-state index in [2.05, 4.69) is 19.7 Å². The molecular formula is C23H31N5O5S2. The summed E-state index contributed by atoms with van der Waals surface area (Å²) in [6.45, 7) is 9.19. The molecule has 2 N–H and O–H groups in total. The van der Waals surface area contributed by atoms with Gasteiger partial charge in [0.25, 0.3) is 20.0 Å². The maximum atomic E-state index is 13.3. The maximum absolute atomic E-state index is 13.3. The number of aryl methyl sites for hydroxylation is 1. The van der Waals surface area contributed by atoms with E-state index in [-0.39, 0.29) is 27.4 Å². The van der Waals surface area contributed by atoms with Gasteiger partial charge in [-0.1, -0.05) is 38.8 Å². The quantitative estimate of drug-likeness (QED) is 0.467. The monoisotopic (exact) mass is 521 g/mol. The van der Waals surface area contributed by atoms with Gasteiger partial charge < -0.3 is 4.52 Å². The number of hydrogen-bond donors (Lipinski definition) is 2. The summed E-state index contributed by atoms with van der Waals surface area (Å²) >= 11 is 0. The van der Waals surface area contributed by atoms with Gasteiger partial charge in [-0.2, -0.15) is 5.10 Å². The zero-order valence-corrected chi connectivity index (χ0v) is 22.1. The van der Waals surface area contributed by atoms with Crippen LogP contribution in [0, 0.1) is 13.8 Å². The Balaban J connectivity index is 1.58. The van der Waals surface area contributed by atoms with E-state index in [0.29, 0.717) is 17.0 Å². The van der Waals surface area contributed by atoms with Crippen LogP contribution in [0.2, 0.25) is 0 Å². The minimum absolute atomic E-state index is 0.0428. The molecule has 3 aromatic rings. The van der Waals surface area contributed by atoms with Crippen LogP contribution < -0.4 is 9.44 Å². The molecule has 0 radical (unpaired) electrons. The SMILES string of the molecule is Cc1noc(NS(=O)(=O)c2ccc(NS(=O)(=O)c3cn(C4CCCC4)nc3C(C)(C)C)cc2)c1C. The minimum atomic E-state index is -3.96. The van der Waals surface area contributed by atoms with Crippen LogP contribution in [0.4, 0.5) is 11.6 Å². The second-order valence-corrected chi connectivity index (χ2v) is 13.3. The van der Waals surface area contributed by atoms with Crippen LogP contribution >= 0.6 is 0 Å². The second-order valence-electron chi connectivity index (χ2n) is 9.97. The number of rotatable bonds is 7. The van der Waals surface area contributed by atoms with Crippen molar-refractivity contribution in [2.24, 2.45) is 0 Å². The van der Waals surface area contributed by atoms with Gasteiger partial charge in [0.1, 0.15) is 4.90 Å². The predicted octanol–water partition coefficient (Wildman–Crippen LogP) is 4.50. The molecule has 10 nitrogen and oxygen atoms in total. The molecule has 2 aromatic heterocycles. The van der Waals surface area contributed by atoms with Gasteiger partial charge in [0.05, 0.1) is 22.3 Å². The lowest BCUT2D eigenvalue weighted by Gasteiger charge is -2.18. The highest BCUT2D eigenvalue weighted by Crippen LogP contribution is 2.34. The van der Waals surface area contributed by atoms with Crippen LogP contribution in [0.15, 0.2) is 44.8 Å². The predicted molar refractivity (Wildman–Crippen MR) is 132 cm³/mol. The normalized spacial score (nSPS) is 15.5. The Bertz CT molecular complexity index is 1430. The molecule has 0 unspecified atom stereocenters. The third-order valence-corrected chi connectivity index (χ3v) is 8.93. The van der Waals surface area contributed by atoms with E-state index >= 15 is 0 Å². The minimum Gasteiger partial charge on any atom is -0.337 e. The molecule has 35 heavy (non-hydrogen) atoms. The van der Waals surface area contributed by atoms with E-state index in [1.165, 1.54) is 24.3 Å². The Morgan fingerprint density at radius 3 is 2.14 bits per heavy atom. The Labute approximate surface area is 206 Å². The van der Waals surface area contributed by atoms with Crippen LogP contribution in [0.1, 0.15) is 69.4 Å². The maximum Gasteiger partial charge on any atom is 0.265 e. The molecule has 1 aliphatic carbocycles. The van der Waals surface area contributed by atoms with E-state index in [0.717, 1.165) is 25.7 Å². The number of anilines is 2. The number of aromatic nitrogens is 3. The molecule has 12 heteroatoms. The summed E-state index contributed by atoms with van der Waals surface area (Å²) in [5.74, 6) is 0.0428. The first-order valence-corrected chi connectivity index (χ1v) is 14.4. The van der Waals surface area contributed by atoms with Crippen molar-refractivity contribution in [1.29, 1.82) is 0 Å². The first-order chi connectivity index (χ1) is 16.3. The van der Waals surface area contributed by atoms with Crippen molar-refractivity contribution in [3.05, 3.63) is 47.4 Å². The van der Waals surface area contributed by atoms with E-state index in [1.54, 1.807) is 24.7 Å². The topological polar surface area (TPSA) is 136 Å². The van der Waals surface area contributed by atoms with Gasteiger partial charge in [-0.25, -0.2) is 21.6 Å². The summed E-state index contributed by atoms with van der Waals surface area (Å²) in [6, 6.07) is 5.66. The van der Waals surface area contributed by atoms with Crippen molar-refractivity contribution >= 4 is 31.6 Å². The summed E-state index contributed by atoms with van der Waals surface area (Å²) in [5, 5.41) is 8.41. The smallest absolute Gasteiger partial charge is 0.265 e. The van der Waals surface area contributed by atoms with Gasteiger partial charge in [0.15, 0.2) is 0 Å². The molecule has 1 saturated carbocycles. The largest absolute Gasteiger partial charge is 0.337 e. The number of sulfonamides is 2. The summed E-state index contributed by atoms with van der Waals surface area (Å²) < 4.78 is 63.9. The van der Waals surface area contributed by atoms with Crippen LogP contribution in [-0.2, 0) is 25.5 Å². The number of hydrogen-bond acceptors (Lipinski definition) is 7. The van der Waals surface area contributed by atoms with E-state index < -0.39 is 25.5 Å². The highest BCUT2D eigenvalue weighted by atomic mass is 32.2. The molecule has 1 fully saturated rings. The Hall–Kier alpha value is -2.86. The molecule has 2 heterocycles. The van der Waals surface area contributed by atoms with Gasteiger partial charge in [-0.15, -0.1) is 0 Å². The van der Waals surface area contributed by atoms with Crippen molar-refractivity contribution in [2.75, 3.05) is 9.44 Å². The fraction of sp³-hybridized carbons (Fsp3) is 0.478. The van der Waals surface area contributed by atoms with E-state index in [9.17, 15) is 16.8 Å². The average Bonchev–Trinajstić information content (AvgIpc) is 3.50. The second kappa shape index (κ2) is 8.98. The van der Waals surface area contributed by atoms with Crippen LogP contribution in [0.5, 0.6) is 0 Å². The van der Waals surface area contributed by atoms with E-state index in [4.69, 9.17) is 4.52 Å². The fourth-order valence-corrected chi connectivity index (χ4v) is 6.50. The standard InChI is InChI=1S/C23H31N5O5S2/c1-15-16(2)25-33-22(15)27-34(29,30)19-12-10-17(11-13-19)26-35(31,32)20-14-28(18-8-6-7-9-18)24-21(20)23(3,4)5/h10-14,18,26-27H,6-9H2,1-5H3. The highest BCUT2D eigenvalue weighted by molar-refractivity contribution is 7.93. The molecule has 0 saturated heterocycles. The Morgan fingerprint density at radius 1 is 0.971 bits per heavy atom. The van der Waals surface area contributed by atoms with Crippen LogP contribution in [0.25, 0.3) is 0 Å². The molecule has 0 bridgehead atoms. The summed E-state index contributed by atoms with van der Waals surface area (Å²) in [7, 11) is -7.90. The number of nitrogens with one attached hydrogen (secondary N) is 2. The molecule has 4 rings (SSSR count). The molecule has 1 aliphatic rings. The first-order valence-electron chi connectivity index (χ1n) is 11.5. The van der Waals surface area contributed by atoms with E-state index in [1.807, 2.05) is 20.8 Å². The molecular weight excluding hydrogens is 490 g/mol. The van der Waals surface area contributed by atoms with Gasteiger partial charge in [0, 0.05) is 22.9 Å². The third-order valence-electron chi connectivity index (χ3n) is 6.20. The number of benzene rings is 1. The Kier molecular flexibility index (Phi) is 6.47. The molecule has 1 aromatic carbocycles.